The lowest BCUT2D eigenvalue weighted by atomic mass is 10.0. The predicted molar refractivity (Wildman–Crippen MR) is 79.4 cm³/mol. The molecule has 0 aromatic heterocycles. The van der Waals surface area contributed by atoms with Crippen molar-refractivity contribution >= 4 is 5.91 Å². The lowest BCUT2D eigenvalue weighted by molar-refractivity contribution is -0.126. The van der Waals surface area contributed by atoms with E-state index in [2.05, 4.69) is 10.6 Å². The van der Waals surface area contributed by atoms with E-state index in [0.29, 0.717) is 18.0 Å². The third-order valence-electron chi connectivity index (χ3n) is 3.34. The van der Waals surface area contributed by atoms with Crippen molar-refractivity contribution in [1.29, 1.82) is 0 Å². The first-order chi connectivity index (χ1) is 9.44. The summed E-state index contributed by atoms with van der Waals surface area (Å²) in [4.78, 5) is 11.9. The molecule has 1 aromatic carbocycles. The molecule has 1 rings (SSSR count). The van der Waals surface area contributed by atoms with E-state index in [1.807, 2.05) is 32.0 Å². The molecule has 0 aliphatic heterocycles. The van der Waals surface area contributed by atoms with Crippen LogP contribution in [0.25, 0.3) is 0 Å². The molecule has 0 fully saturated rings. The van der Waals surface area contributed by atoms with E-state index in [1.54, 1.807) is 21.3 Å². The molecule has 0 saturated heterocycles. The highest BCUT2D eigenvalue weighted by molar-refractivity contribution is 5.85. The molecule has 2 N–H and O–H groups in total. The van der Waals surface area contributed by atoms with Gasteiger partial charge in [-0.15, -0.1) is 0 Å². The van der Waals surface area contributed by atoms with E-state index < -0.39 is 5.54 Å². The molecule has 0 spiro atoms. The van der Waals surface area contributed by atoms with Crippen LogP contribution in [0.1, 0.15) is 19.4 Å². The minimum absolute atomic E-state index is 0.0134. The number of carbonyl (C=O) groups is 1. The Morgan fingerprint density at radius 2 is 1.85 bits per heavy atom. The van der Waals surface area contributed by atoms with Gasteiger partial charge in [0.1, 0.15) is 0 Å². The van der Waals surface area contributed by atoms with Gasteiger partial charge in [0.2, 0.25) is 5.91 Å². The number of likely N-dealkylation sites (N-methyl/N-ethyl adjacent to an activating group) is 1. The number of benzene rings is 1. The van der Waals surface area contributed by atoms with Crippen LogP contribution in [0.5, 0.6) is 11.5 Å². The second-order valence-electron chi connectivity index (χ2n) is 5.07. The summed E-state index contributed by atoms with van der Waals surface area (Å²) in [6, 6.07) is 5.76. The van der Waals surface area contributed by atoms with Crippen LogP contribution in [-0.4, -0.2) is 39.3 Å². The molecule has 0 aliphatic carbocycles. The van der Waals surface area contributed by atoms with Crippen LogP contribution in [0.2, 0.25) is 0 Å². The molecular formula is C15H24N2O3. The Morgan fingerprint density at radius 1 is 1.20 bits per heavy atom. The number of methoxy groups -OCH3 is 2. The van der Waals surface area contributed by atoms with Crippen LogP contribution in [0.3, 0.4) is 0 Å². The SMILES string of the molecule is CNC(C)(C)C(=O)NCCc1ccc(OC)c(OC)c1. The van der Waals surface area contributed by atoms with Crippen molar-refractivity contribution in [1.82, 2.24) is 10.6 Å². The fourth-order valence-electron chi connectivity index (χ4n) is 1.69. The number of carbonyl (C=O) groups excluding carboxylic acids is 1. The number of ether oxygens (including phenoxy) is 2. The van der Waals surface area contributed by atoms with Gasteiger partial charge in [0.25, 0.3) is 0 Å². The first kappa shape index (κ1) is 16.3. The molecule has 5 nitrogen and oxygen atoms in total. The fraction of sp³-hybridized carbons (Fsp3) is 0.533. The van der Waals surface area contributed by atoms with Crippen LogP contribution >= 0.6 is 0 Å². The van der Waals surface area contributed by atoms with Crippen LogP contribution in [0.4, 0.5) is 0 Å². The molecule has 0 heterocycles. The fourth-order valence-corrected chi connectivity index (χ4v) is 1.69. The highest BCUT2D eigenvalue weighted by Gasteiger charge is 2.24. The van der Waals surface area contributed by atoms with E-state index in [4.69, 9.17) is 9.47 Å². The summed E-state index contributed by atoms with van der Waals surface area (Å²) >= 11 is 0. The largest absolute Gasteiger partial charge is 0.493 e. The minimum atomic E-state index is -0.558. The zero-order chi connectivity index (χ0) is 15.2. The van der Waals surface area contributed by atoms with Crippen molar-refractivity contribution in [2.24, 2.45) is 0 Å². The molecule has 0 unspecified atom stereocenters. The maximum Gasteiger partial charge on any atom is 0.239 e. The Morgan fingerprint density at radius 3 is 2.40 bits per heavy atom. The van der Waals surface area contributed by atoms with Crippen molar-refractivity contribution < 1.29 is 14.3 Å². The standard InChI is InChI=1S/C15H24N2O3/c1-15(2,16-3)14(18)17-9-8-11-6-7-12(19-4)13(10-11)20-5/h6-7,10,16H,8-9H2,1-5H3,(H,17,18). The van der Waals surface area contributed by atoms with Crippen LogP contribution in [0.15, 0.2) is 18.2 Å². The normalized spacial score (nSPS) is 11.1. The lowest BCUT2D eigenvalue weighted by Gasteiger charge is -2.22. The van der Waals surface area contributed by atoms with Gasteiger partial charge in [0.15, 0.2) is 11.5 Å². The Labute approximate surface area is 120 Å². The lowest BCUT2D eigenvalue weighted by Crippen LogP contribution is -2.51. The van der Waals surface area contributed by atoms with Gasteiger partial charge >= 0.3 is 0 Å². The van der Waals surface area contributed by atoms with Gasteiger partial charge in [0.05, 0.1) is 19.8 Å². The van der Waals surface area contributed by atoms with Gasteiger partial charge in [-0.1, -0.05) is 6.07 Å². The van der Waals surface area contributed by atoms with Gasteiger partial charge in [-0.2, -0.15) is 0 Å². The van der Waals surface area contributed by atoms with E-state index in [-0.39, 0.29) is 5.91 Å². The number of hydrogen-bond acceptors (Lipinski definition) is 4. The average Bonchev–Trinajstić information content (AvgIpc) is 2.46. The predicted octanol–water partition coefficient (Wildman–Crippen LogP) is 1.36. The summed E-state index contributed by atoms with van der Waals surface area (Å²) in [5.74, 6) is 1.39. The molecule has 0 aliphatic rings. The minimum Gasteiger partial charge on any atom is -0.493 e. The van der Waals surface area contributed by atoms with Gasteiger partial charge in [-0.05, 0) is 45.0 Å². The Kier molecular flexibility index (Phi) is 5.82. The van der Waals surface area contributed by atoms with Gasteiger partial charge in [-0.3, -0.25) is 4.79 Å². The molecule has 1 aromatic rings. The molecule has 20 heavy (non-hydrogen) atoms. The number of hydrogen-bond donors (Lipinski definition) is 2. The second kappa shape index (κ2) is 7.14. The molecule has 0 radical (unpaired) electrons. The Balaban J connectivity index is 2.57. The van der Waals surface area contributed by atoms with Gasteiger partial charge in [-0.25, -0.2) is 0 Å². The first-order valence-corrected chi connectivity index (χ1v) is 6.62. The molecule has 0 atom stereocenters. The molecule has 0 saturated carbocycles. The van der Waals surface area contributed by atoms with E-state index in [0.717, 1.165) is 12.0 Å². The maximum absolute atomic E-state index is 11.9. The van der Waals surface area contributed by atoms with Gasteiger partial charge < -0.3 is 20.1 Å². The van der Waals surface area contributed by atoms with Crippen molar-refractivity contribution in [3.8, 4) is 11.5 Å². The Hall–Kier alpha value is -1.75. The van der Waals surface area contributed by atoms with Crippen molar-refractivity contribution in [3.05, 3.63) is 23.8 Å². The van der Waals surface area contributed by atoms with Crippen LogP contribution < -0.4 is 20.1 Å². The third kappa shape index (κ3) is 4.13. The number of rotatable bonds is 7. The van der Waals surface area contributed by atoms with E-state index in [1.165, 1.54) is 0 Å². The van der Waals surface area contributed by atoms with Crippen molar-refractivity contribution in [2.75, 3.05) is 27.8 Å². The summed E-state index contributed by atoms with van der Waals surface area (Å²) in [6.07, 6.45) is 0.742. The van der Waals surface area contributed by atoms with Crippen molar-refractivity contribution in [2.45, 2.75) is 25.8 Å². The summed E-state index contributed by atoms with van der Waals surface area (Å²) in [5, 5.41) is 5.89. The second-order valence-corrected chi connectivity index (χ2v) is 5.07. The topological polar surface area (TPSA) is 59.6 Å². The zero-order valence-electron chi connectivity index (χ0n) is 12.9. The van der Waals surface area contributed by atoms with Gasteiger partial charge in [0, 0.05) is 6.54 Å². The molecular weight excluding hydrogens is 256 g/mol. The van der Waals surface area contributed by atoms with Crippen molar-refractivity contribution in [3.63, 3.8) is 0 Å². The molecule has 1 amide bonds. The smallest absolute Gasteiger partial charge is 0.239 e. The summed E-state index contributed by atoms with van der Waals surface area (Å²) in [5.41, 5.74) is 0.530. The number of amides is 1. The molecule has 0 bridgehead atoms. The first-order valence-electron chi connectivity index (χ1n) is 6.62. The molecule has 112 valence electrons. The monoisotopic (exact) mass is 280 g/mol. The maximum atomic E-state index is 11.9. The third-order valence-corrected chi connectivity index (χ3v) is 3.34. The van der Waals surface area contributed by atoms with Crippen LogP contribution in [-0.2, 0) is 11.2 Å². The summed E-state index contributed by atoms with van der Waals surface area (Å²) in [7, 11) is 4.99. The summed E-state index contributed by atoms with van der Waals surface area (Å²) in [6.45, 7) is 4.27. The number of nitrogens with one attached hydrogen (secondary N) is 2. The molecule has 5 heteroatoms. The van der Waals surface area contributed by atoms with E-state index in [9.17, 15) is 4.79 Å². The van der Waals surface area contributed by atoms with E-state index >= 15 is 0 Å². The zero-order valence-corrected chi connectivity index (χ0v) is 12.9. The quantitative estimate of drug-likeness (QED) is 0.792. The highest BCUT2D eigenvalue weighted by atomic mass is 16.5. The Bertz CT molecular complexity index is 458. The summed E-state index contributed by atoms with van der Waals surface area (Å²) < 4.78 is 10.4. The average molecular weight is 280 g/mol. The van der Waals surface area contributed by atoms with Crippen LogP contribution in [0, 0.1) is 0 Å². The highest BCUT2D eigenvalue weighted by Crippen LogP contribution is 2.27.